The minimum Gasteiger partial charge on any atom is -0.474 e. The summed E-state index contributed by atoms with van der Waals surface area (Å²) in [6.07, 6.45) is 7.84. The Kier molecular flexibility index (Phi) is 5.62. The lowest BCUT2D eigenvalue weighted by molar-refractivity contribution is 0.175. The Balaban J connectivity index is 2.12. The molecule has 4 nitrogen and oxygen atoms in total. The van der Waals surface area contributed by atoms with Gasteiger partial charge in [0.15, 0.2) is 0 Å². The van der Waals surface area contributed by atoms with Gasteiger partial charge in [0.05, 0.1) is 0 Å². The van der Waals surface area contributed by atoms with Crippen LogP contribution in [0.4, 0.5) is 5.82 Å². The van der Waals surface area contributed by atoms with Gasteiger partial charge in [-0.3, -0.25) is 0 Å². The monoisotopic (exact) mass is 277 g/mol. The number of anilines is 1. The van der Waals surface area contributed by atoms with Gasteiger partial charge in [0.1, 0.15) is 17.7 Å². The van der Waals surface area contributed by atoms with Crippen LogP contribution in [0.5, 0.6) is 5.88 Å². The zero-order valence-corrected chi connectivity index (χ0v) is 13.0. The Morgan fingerprint density at radius 3 is 2.50 bits per heavy atom. The molecule has 4 heteroatoms. The van der Waals surface area contributed by atoms with E-state index in [0.717, 1.165) is 36.9 Å². The van der Waals surface area contributed by atoms with Gasteiger partial charge in [-0.05, 0) is 32.6 Å². The van der Waals surface area contributed by atoms with Crippen molar-refractivity contribution in [1.82, 2.24) is 9.97 Å². The largest absolute Gasteiger partial charge is 0.474 e. The third-order valence-corrected chi connectivity index (χ3v) is 3.68. The summed E-state index contributed by atoms with van der Waals surface area (Å²) in [6, 6.07) is 1.93. The average molecular weight is 277 g/mol. The van der Waals surface area contributed by atoms with Crippen molar-refractivity contribution in [1.29, 1.82) is 0 Å². The highest BCUT2D eigenvalue weighted by Gasteiger charge is 2.16. The first kappa shape index (κ1) is 15.1. The molecule has 0 bridgehead atoms. The van der Waals surface area contributed by atoms with E-state index in [-0.39, 0.29) is 0 Å². The molecule has 0 amide bonds. The first-order chi connectivity index (χ1) is 9.69. The van der Waals surface area contributed by atoms with Crippen molar-refractivity contribution in [3.8, 4) is 5.88 Å². The Morgan fingerprint density at radius 1 is 1.20 bits per heavy atom. The van der Waals surface area contributed by atoms with Gasteiger partial charge in [-0.15, -0.1) is 0 Å². The Bertz CT molecular complexity index is 412. The number of hydrogen-bond donors (Lipinski definition) is 1. The molecule has 1 N–H and O–H groups in total. The predicted molar refractivity (Wildman–Crippen MR) is 82.4 cm³/mol. The lowest BCUT2D eigenvalue weighted by Gasteiger charge is -2.18. The zero-order valence-electron chi connectivity index (χ0n) is 13.0. The van der Waals surface area contributed by atoms with Crippen molar-refractivity contribution in [2.75, 3.05) is 11.9 Å². The average Bonchev–Trinajstić information content (AvgIpc) is 2.67. The molecule has 0 saturated heterocycles. The van der Waals surface area contributed by atoms with E-state index in [2.05, 4.69) is 36.1 Å². The van der Waals surface area contributed by atoms with E-state index >= 15 is 0 Å². The van der Waals surface area contributed by atoms with Crippen LogP contribution in [0.25, 0.3) is 0 Å². The fourth-order valence-electron chi connectivity index (χ4n) is 2.56. The Morgan fingerprint density at radius 2 is 1.90 bits per heavy atom. The van der Waals surface area contributed by atoms with E-state index in [1.165, 1.54) is 25.7 Å². The van der Waals surface area contributed by atoms with Crippen LogP contribution in [0.3, 0.4) is 0 Å². The van der Waals surface area contributed by atoms with E-state index in [4.69, 9.17) is 4.74 Å². The van der Waals surface area contributed by atoms with Gasteiger partial charge in [-0.1, -0.05) is 26.7 Å². The number of aromatic nitrogens is 2. The van der Waals surface area contributed by atoms with Crippen LogP contribution in [0.15, 0.2) is 6.07 Å². The van der Waals surface area contributed by atoms with Crippen LogP contribution < -0.4 is 10.1 Å². The minimum absolute atomic E-state index is 0.310. The molecule has 1 fully saturated rings. The highest BCUT2D eigenvalue weighted by atomic mass is 16.5. The lowest BCUT2D eigenvalue weighted by atomic mass is 10.1. The standard InChI is InChI=1S/C16H27N3O/c1-4-17-14-11-15(19-16(18-14)12(2)3)20-13-9-7-5-6-8-10-13/h11-13H,4-10H2,1-3H3,(H,17,18,19). The molecule has 1 aliphatic carbocycles. The molecule has 112 valence electrons. The smallest absolute Gasteiger partial charge is 0.219 e. The van der Waals surface area contributed by atoms with Gasteiger partial charge >= 0.3 is 0 Å². The number of nitrogens with zero attached hydrogens (tertiary/aromatic N) is 2. The van der Waals surface area contributed by atoms with E-state index < -0.39 is 0 Å². The zero-order chi connectivity index (χ0) is 14.4. The Hall–Kier alpha value is -1.32. The van der Waals surface area contributed by atoms with Gasteiger partial charge < -0.3 is 10.1 Å². The fourth-order valence-corrected chi connectivity index (χ4v) is 2.56. The van der Waals surface area contributed by atoms with Gasteiger partial charge in [0.25, 0.3) is 0 Å². The van der Waals surface area contributed by atoms with E-state index in [0.29, 0.717) is 12.0 Å². The summed E-state index contributed by atoms with van der Waals surface area (Å²) in [5.41, 5.74) is 0. The van der Waals surface area contributed by atoms with Crippen LogP contribution in [0.2, 0.25) is 0 Å². The first-order valence-corrected chi connectivity index (χ1v) is 7.98. The molecule has 0 aliphatic heterocycles. The van der Waals surface area contributed by atoms with E-state index in [1.54, 1.807) is 0 Å². The molecule has 1 aliphatic rings. The van der Waals surface area contributed by atoms with E-state index in [1.807, 2.05) is 6.07 Å². The van der Waals surface area contributed by atoms with Gasteiger partial charge in [-0.25, -0.2) is 4.98 Å². The number of hydrogen-bond acceptors (Lipinski definition) is 4. The molecular formula is C16H27N3O. The molecule has 1 heterocycles. The van der Waals surface area contributed by atoms with Crippen molar-refractivity contribution < 1.29 is 4.74 Å². The molecule has 20 heavy (non-hydrogen) atoms. The summed E-state index contributed by atoms with van der Waals surface area (Å²) in [7, 11) is 0. The fraction of sp³-hybridized carbons (Fsp3) is 0.750. The van der Waals surface area contributed by atoms with Crippen molar-refractivity contribution in [2.24, 2.45) is 0 Å². The highest BCUT2D eigenvalue weighted by Crippen LogP contribution is 2.24. The second kappa shape index (κ2) is 7.46. The van der Waals surface area contributed by atoms with Gasteiger partial charge in [0.2, 0.25) is 5.88 Å². The second-order valence-electron chi connectivity index (χ2n) is 5.87. The SMILES string of the molecule is CCNc1cc(OC2CCCCCC2)nc(C(C)C)n1. The van der Waals surface area contributed by atoms with Crippen LogP contribution >= 0.6 is 0 Å². The Labute approximate surface area is 122 Å². The summed E-state index contributed by atoms with van der Waals surface area (Å²) in [5, 5.41) is 3.26. The minimum atomic E-state index is 0.310. The lowest BCUT2D eigenvalue weighted by Crippen LogP contribution is -2.17. The summed E-state index contributed by atoms with van der Waals surface area (Å²) in [4.78, 5) is 9.10. The molecule has 0 aromatic carbocycles. The van der Waals surface area contributed by atoms with Gasteiger partial charge in [-0.2, -0.15) is 4.98 Å². The van der Waals surface area contributed by atoms with Crippen LogP contribution in [-0.2, 0) is 0 Å². The molecule has 1 aromatic heterocycles. The maximum absolute atomic E-state index is 6.12. The van der Waals surface area contributed by atoms with E-state index in [9.17, 15) is 0 Å². The number of rotatable bonds is 5. The summed E-state index contributed by atoms with van der Waals surface area (Å²) in [6.45, 7) is 7.15. The summed E-state index contributed by atoms with van der Waals surface area (Å²) < 4.78 is 6.12. The van der Waals surface area contributed by atoms with Crippen LogP contribution in [0, 0.1) is 0 Å². The topological polar surface area (TPSA) is 47.0 Å². The second-order valence-corrected chi connectivity index (χ2v) is 5.87. The summed E-state index contributed by atoms with van der Waals surface area (Å²) in [5.74, 6) is 2.76. The molecule has 1 saturated carbocycles. The molecule has 1 aromatic rings. The molecule has 0 radical (unpaired) electrons. The van der Waals surface area contributed by atoms with Crippen molar-refractivity contribution in [2.45, 2.75) is 71.3 Å². The number of ether oxygens (including phenoxy) is 1. The molecule has 0 unspecified atom stereocenters. The molecule has 2 rings (SSSR count). The third kappa shape index (κ3) is 4.36. The first-order valence-electron chi connectivity index (χ1n) is 7.98. The molecule has 0 spiro atoms. The summed E-state index contributed by atoms with van der Waals surface area (Å²) >= 11 is 0. The normalized spacial score (nSPS) is 17.0. The predicted octanol–water partition coefficient (Wildman–Crippen LogP) is 4.13. The molecular weight excluding hydrogens is 250 g/mol. The molecule has 0 atom stereocenters. The van der Waals surface area contributed by atoms with Gasteiger partial charge in [0, 0.05) is 18.5 Å². The quantitative estimate of drug-likeness (QED) is 0.822. The van der Waals surface area contributed by atoms with Crippen LogP contribution in [0.1, 0.15) is 71.0 Å². The van der Waals surface area contributed by atoms with Crippen molar-refractivity contribution in [3.05, 3.63) is 11.9 Å². The van der Waals surface area contributed by atoms with Crippen LogP contribution in [-0.4, -0.2) is 22.6 Å². The maximum Gasteiger partial charge on any atom is 0.219 e. The highest BCUT2D eigenvalue weighted by molar-refractivity contribution is 5.38. The maximum atomic E-state index is 6.12. The van der Waals surface area contributed by atoms with Crippen molar-refractivity contribution in [3.63, 3.8) is 0 Å². The third-order valence-electron chi connectivity index (χ3n) is 3.68. The van der Waals surface area contributed by atoms with Crippen molar-refractivity contribution >= 4 is 5.82 Å². The number of nitrogens with one attached hydrogen (secondary N) is 1.